The summed E-state index contributed by atoms with van der Waals surface area (Å²) < 4.78 is 7.22. The summed E-state index contributed by atoms with van der Waals surface area (Å²) in [6.45, 7) is 14.6. The van der Waals surface area contributed by atoms with Crippen molar-refractivity contribution < 1.29 is 14.3 Å². The number of ether oxygens (including phenoxy) is 1. The van der Waals surface area contributed by atoms with Gasteiger partial charge < -0.3 is 9.30 Å². The van der Waals surface area contributed by atoms with Gasteiger partial charge in [0.2, 0.25) is 0 Å². The maximum absolute atomic E-state index is 12.1. The fourth-order valence-electron chi connectivity index (χ4n) is 2.97. The van der Waals surface area contributed by atoms with Crippen molar-refractivity contribution in [3.63, 3.8) is 0 Å². The van der Waals surface area contributed by atoms with Gasteiger partial charge in [-0.15, -0.1) is 0 Å². The van der Waals surface area contributed by atoms with Crippen LogP contribution in [0.4, 0.5) is 4.79 Å². The van der Waals surface area contributed by atoms with E-state index in [0.29, 0.717) is 18.8 Å². The van der Waals surface area contributed by atoms with Gasteiger partial charge in [0, 0.05) is 18.1 Å². The van der Waals surface area contributed by atoms with Crippen molar-refractivity contribution in [1.82, 2.24) is 14.5 Å². The number of benzene rings is 1. The molecule has 0 N–H and O–H groups in total. The summed E-state index contributed by atoms with van der Waals surface area (Å²) in [6, 6.07) is 7.71. The van der Waals surface area contributed by atoms with Gasteiger partial charge in [0.15, 0.2) is 6.29 Å². The van der Waals surface area contributed by atoms with Crippen molar-refractivity contribution in [2.45, 2.75) is 73.1 Å². The van der Waals surface area contributed by atoms with Gasteiger partial charge in [-0.2, -0.15) is 0 Å². The van der Waals surface area contributed by atoms with Crippen LogP contribution in [-0.2, 0) is 17.7 Å². The maximum atomic E-state index is 12.1. The smallest absolute Gasteiger partial charge is 0.410 e. The number of halogens is 1. The molecule has 0 fully saturated rings. The van der Waals surface area contributed by atoms with Crippen molar-refractivity contribution in [3.05, 3.63) is 52.6 Å². The number of carbonyl (C=O) groups excluding carboxylic acids is 2. The van der Waals surface area contributed by atoms with E-state index in [9.17, 15) is 9.59 Å². The highest BCUT2D eigenvalue weighted by Gasteiger charge is 2.32. The molecule has 1 amide bonds. The van der Waals surface area contributed by atoms with Crippen molar-refractivity contribution in [2.24, 2.45) is 0 Å². The fraction of sp³-hybridized carbons (Fsp3) is 0.522. The Hall–Kier alpha value is -2.34. The number of aldehydes is 1. The van der Waals surface area contributed by atoms with Crippen LogP contribution in [0.25, 0.3) is 0 Å². The van der Waals surface area contributed by atoms with Crippen LogP contribution in [-0.4, -0.2) is 39.0 Å². The van der Waals surface area contributed by atoms with Crippen LogP contribution in [0, 0.1) is 0 Å². The van der Waals surface area contributed by atoms with Gasteiger partial charge in [-0.25, -0.2) is 9.78 Å². The van der Waals surface area contributed by atoms with Gasteiger partial charge in [0.05, 0.1) is 12.2 Å². The summed E-state index contributed by atoms with van der Waals surface area (Å²) in [6.07, 6.45) is 2.99. The van der Waals surface area contributed by atoms with E-state index in [1.54, 1.807) is 4.90 Å². The molecule has 0 bridgehead atoms. The highest BCUT2D eigenvalue weighted by atomic mass is 35.5. The maximum Gasteiger partial charge on any atom is 0.410 e. The summed E-state index contributed by atoms with van der Waals surface area (Å²) in [5.74, 6) is 0.721. The van der Waals surface area contributed by atoms with E-state index in [1.807, 2.05) is 70.4 Å². The van der Waals surface area contributed by atoms with Gasteiger partial charge >= 0.3 is 6.09 Å². The Morgan fingerprint density at radius 2 is 1.90 bits per heavy atom. The van der Waals surface area contributed by atoms with Gasteiger partial charge in [-0.1, -0.05) is 50.6 Å². The molecule has 3 rings (SSSR count). The van der Waals surface area contributed by atoms with Crippen molar-refractivity contribution >= 4 is 24.0 Å². The number of hydrogen-bond donors (Lipinski definition) is 0. The zero-order chi connectivity index (χ0) is 22.9. The standard InChI is InChI=1S/C13H19N3O3.C8H9Cl.C2H6/c1-9-11-14-7-10(8-17)16(11)6-5-15(9)12(18)19-13(2,3)4;1-2-7-5-3-4-6-8(7)9;1-2/h7-9H,5-6H2,1-4H3;3-6H,2H2,1H3;1-2H3. The van der Waals surface area contributed by atoms with E-state index in [2.05, 4.69) is 11.9 Å². The van der Waals surface area contributed by atoms with E-state index in [0.717, 1.165) is 23.6 Å². The largest absolute Gasteiger partial charge is 0.444 e. The Labute approximate surface area is 185 Å². The minimum Gasteiger partial charge on any atom is -0.444 e. The van der Waals surface area contributed by atoms with Gasteiger partial charge in [0.1, 0.15) is 17.1 Å². The average Bonchev–Trinajstić information content (AvgIpc) is 3.13. The summed E-state index contributed by atoms with van der Waals surface area (Å²) in [7, 11) is 0. The zero-order valence-corrected chi connectivity index (χ0v) is 19.9. The molecular formula is C23H34ClN3O3. The molecule has 166 valence electrons. The first-order valence-electron chi connectivity index (χ1n) is 10.4. The van der Waals surface area contributed by atoms with Gasteiger partial charge in [-0.05, 0) is 45.7 Å². The van der Waals surface area contributed by atoms with Crippen molar-refractivity contribution in [3.8, 4) is 0 Å². The summed E-state index contributed by atoms with van der Waals surface area (Å²) >= 11 is 5.82. The number of imidazole rings is 1. The van der Waals surface area contributed by atoms with Crippen LogP contribution in [0.15, 0.2) is 30.5 Å². The lowest BCUT2D eigenvalue weighted by molar-refractivity contribution is 0.0120. The second-order valence-corrected chi connectivity index (χ2v) is 8.01. The molecule has 0 radical (unpaired) electrons. The lowest BCUT2D eigenvalue weighted by atomic mass is 10.2. The molecule has 1 aromatic heterocycles. The minimum absolute atomic E-state index is 0.197. The number of rotatable bonds is 2. The third-order valence-corrected chi connectivity index (χ3v) is 4.78. The van der Waals surface area contributed by atoms with E-state index in [1.165, 1.54) is 11.8 Å². The minimum atomic E-state index is -0.516. The number of amides is 1. The predicted octanol–water partition coefficient (Wildman–Crippen LogP) is 5.94. The van der Waals surface area contributed by atoms with Crippen LogP contribution in [0.1, 0.15) is 76.4 Å². The molecule has 0 saturated carbocycles. The Morgan fingerprint density at radius 3 is 2.40 bits per heavy atom. The molecule has 0 aliphatic carbocycles. The van der Waals surface area contributed by atoms with Gasteiger partial charge in [-0.3, -0.25) is 9.69 Å². The predicted molar refractivity (Wildman–Crippen MR) is 121 cm³/mol. The summed E-state index contributed by atoms with van der Waals surface area (Å²) in [5, 5.41) is 0.875. The van der Waals surface area contributed by atoms with E-state index < -0.39 is 5.60 Å². The molecule has 2 heterocycles. The monoisotopic (exact) mass is 435 g/mol. The quantitative estimate of drug-likeness (QED) is 0.548. The molecule has 2 aromatic rings. The van der Waals surface area contributed by atoms with E-state index in [4.69, 9.17) is 16.3 Å². The molecule has 30 heavy (non-hydrogen) atoms. The van der Waals surface area contributed by atoms with E-state index in [-0.39, 0.29) is 12.1 Å². The number of fused-ring (bicyclic) bond motifs is 1. The lowest BCUT2D eigenvalue weighted by Crippen LogP contribution is -2.44. The molecule has 0 saturated heterocycles. The summed E-state index contributed by atoms with van der Waals surface area (Å²) in [5.41, 5.74) is 1.25. The van der Waals surface area contributed by atoms with Crippen molar-refractivity contribution in [1.29, 1.82) is 0 Å². The molecule has 7 heteroatoms. The molecule has 1 aromatic carbocycles. The molecule has 1 unspecified atom stereocenters. The normalized spacial score (nSPS) is 15.1. The molecule has 1 aliphatic heterocycles. The first-order valence-corrected chi connectivity index (χ1v) is 10.8. The Morgan fingerprint density at radius 1 is 1.27 bits per heavy atom. The molecule has 1 aliphatic rings. The van der Waals surface area contributed by atoms with Crippen molar-refractivity contribution in [2.75, 3.05) is 6.54 Å². The first kappa shape index (κ1) is 25.7. The van der Waals surface area contributed by atoms with Crippen LogP contribution in [0.3, 0.4) is 0 Å². The van der Waals surface area contributed by atoms with Crippen LogP contribution >= 0.6 is 11.6 Å². The number of aryl methyl sites for hydroxylation is 1. The van der Waals surface area contributed by atoms with Crippen LogP contribution in [0.5, 0.6) is 0 Å². The molecule has 1 atom stereocenters. The second-order valence-electron chi connectivity index (χ2n) is 7.61. The third kappa shape index (κ3) is 6.87. The fourth-order valence-corrected chi connectivity index (χ4v) is 3.24. The first-order chi connectivity index (χ1) is 14.2. The highest BCUT2D eigenvalue weighted by molar-refractivity contribution is 6.31. The summed E-state index contributed by atoms with van der Waals surface area (Å²) in [4.78, 5) is 28.9. The molecular weight excluding hydrogens is 402 g/mol. The molecule has 0 spiro atoms. The number of carbonyl (C=O) groups is 2. The SMILES string of the molecule is CC.CC1c2ncc(C=O)n2CCN1C(=O)OC(C)(C)C.CCc1ccccc1Cl. The Bertz CT molecular complexity index is 827. The number of aromatic nitrogens is 2. The van der Waals surface area contributed by atoms with E-state index >= 15 is 0 Å². The third-order valence-electron chi connectivity index (χ3n) is 4.41. The Kier molecular flexibility index (Phi) is 10.1. The molecule has 6 nitrogen and oxygen atoms in total. The second kappa shape index (κ2) is 11.7. The topological polar surface area (TPSA) is 64.4 Å². The van der Waals surface area contributed by atoms with Crippen LogP contribution < -0.4 is 0 Å². The average molecular weight is 436 g/mol. The Balaban J connectivity index is 0.000000342. The van der Waals surface area contributed by atoms with Crippen LogP contribution in [0.2, 0.25) is 5.02 Å². The van der Waals surface area contributed by atoms with Gasteiger partial charge in [0.25, 0.3) is 0 Å². The number of nitrogens with zero attached hydrogens (tertiary/aromatic N) is 3. The highest BCUT2D eigenvalue weighted by Crippen LogP contribution is 2.26. The lowest BCUT2D eigenvalue weighted by Gasteiger charge is -2.35. The number of hydrogen-bond acceptors (Lipinski definition) is 4. The zero-order valence-electron chi connectivity index (χ0n) is 19.1.